The first-order valence-corrected chi connectivity index (χ1v) is 15.7. The molecule has 0 atom stereocenters. The maximum atomic E-state index is 15.9. The lowest BCUT2D eigenvalue weighted by molar-refractivity contribution is -0.138. The zero-order valence-corrected chi connectivity index (χ0v) is 27.8. The first-order chi connectivity index (χ1) is 36.6. The van der Waals surface area contributed by atoms with Gasteiger partial charge in [0.25, 0.3) is 0 Å². The predicted octanol–water partition coefficient (Wildman–Crippen LogP) is 8.71. The van der Waals surface area contributed by atoms with Gasteiger partial charge in [-0.3, -0.25) is 9.59 Å². The minimum atomic E-state index is -5.37. The van der Waals surface area contributed by atoms with E-state index in [4.69, 9.17) is 33.5 Å². The Morgan fingerprint density at radius 1 is 1.02 bits per heavy atom. The largest absolute Gasteiger partial charge is 0.416 e. The van der Waals surface area contributed by atoms with Gasteiger partial charge in [-0.15, -0.1) is 11.8 Å². The average Bonchev–Trinajstić information content (AvgIpc) is 3.35. The molecule has 1 amide bonds. The van der Waals surface area contributed by atoms with Gasteiger partial charge < -0.3 is 19.1 Å². The number of carbonyl (C=O) groups is 1. The number of para-hydroxylation sites is 1. The lowest BCUT2D eigenvalue weighted by Gasteiger charge is -2.39. The van der Waals surface area contributed by atoms with Crippen molar-refractivity contribution in [1.82, 2.24) is 14.4 Å². The highest BCUT2D eigenvalue weighted by Gasteiger charge is 2.32. The average molecular weight is 778 g/mol. The molecule has 0 radical (unpaired) electrons. The molecule has 1 aliphatic heterocycles. The molecule has 0 aliphatic carbocycles. The standard InChI is InChI=1S/C41H40F5N3O3S/c1-27-22-30(14-15-34(27)41(44,45)46)29-12-10-28(11-13-29)24-48(32-16-18-47(19-17-32)20-21-52-2)38(51)25-49-36-9-4-3-7-33(36)37(50)23-39(49)53-26-31-6-5-8-35(42)40(31)43/h3-15,22-23,32H,16-21,24-26H2,1-2H3/i3D,4D,5D,6D,7D,8D,9D,10D,11D,12D,13D,14D,15D,16D2,17D2,18D2,19D2,20D2,22D,23D,25D2,32D. The zero-order chi connectivity index (χ0) is 62.4. The Morgan fingerprint density at radius 3 is 2.45 bits per heavy atom. The number of thioether (sulfide) groups is 1. The summed E-state index contributed by atoms with van der Waals surface area (Å²) in [6.07, 6.45) is -14.9. The van der Waals surface area contributed by atoms with Crippen molar-refractivity contribution in [1.29, 1.82) is 0 Å². The summed E-state index contributed by atoms with van der Waals surface area (Å²) >= 11 is -0.202. The summed E-state index contributed by atoms with van der Waals surface area (Å²) in [5, 5.41) is -2.73. The SMILES string of the molecule is [2H]c1c([2H])c(F)c(F)c(CSc2c([2H])c(=O)c3c([2H])c([2H])c([2H])c([2H])c3n2C([2H])([2H])C(=O)N(Cc2c([2H])c([2H])c(-c3c([2H])c([2H])c(C(F)(F)F)c(C)c3[2H])c([2H])c2[2H])C2([2H])C([2H])([2H])C([2H])([2H])N(C([2H])([2H])COC)C([2H])([2H])C2([2H])[2H])c1[2H]. The summed E-state index contributed by atoms with van der Waals surface area (Å²) in [6, 6.07) is -26.2. The smallest absolute Gasteiger partial charge is 0.383 e. The molecule has 1 aliphatic rings. The number of halogens is 5. The van der Waals surface area contributed by atoms with Gasteiger partial charge in [0.2, 0.25) is 5.91 Å². The van der Waals surface area contributed by atoms with Crippen LogP contribution >= 0.6 is 11.8 Å². The molecule has 4 aromatic carbocycles. The van der Waals surface area contributed by atoms with Gasteiger partial charge in [0.15, 0.2) is 17.1 Å². The van der Waals surface area contributed by atoms with E-state index in [1.807, 2.05) is 0 Å². The molecule has 6 nitrogen and oxygen atoms in total. The fourth-order valence-corrected chi connectivity index (χ4v) is 5.35. The van der Waals surface area contributed by atoms with Crippen LogP contribution in [0, 0.1) is 18.6 Å². The van der Waals surface area contributed by atoms with E-state index in [0.29, 0.717) is 6.92 Å². The number of likely N-dealkylation sites (tertiary alicyclic amines) is 1. The van der Waals surface area contributed by atoms with Crippen LogP contribution in [0.3, 0.4) is 0 Å². The monoisotopic (exact) mass is 777 g/mol. The number of ether oxygens (including phenoxy) is 1. The summed E-state index contributed by atoms with van der Waals surface area (Å²) < 4.78 is 324. The summed E-state index contributed by atoms with van der Waals surface area (Å²) in [6.45, 7) is -20.2. The van der Waals surface area contributed by atoms with Gasteiger partial charge in [0.05, 0.1) is 47.4 Å². The minimum absolute atomic E-state index is 0.202. The Labute approximate surface area is 348 Å². The Bertz CT molecular complexity index is 3470. The Kier molecular flexibility index (Phi) is 5.17. The second kappa shape index (κ2) is 16.7. The molecule has 0 N–H and O–H groups in total. The first-order valence-electron chi connectivity index (χ1n) is 28.7. The van der Waals surface area contributed by atoms with Crippen LogP contribution in [0.25, 0.3) is 22.0 Å². The molecule has 278 valence electrons. The molecule has 12 heteroatoms. The maximum absolute atomic E-state index is 15.9. The number of alkyl halides is 3. The van der Waals surface area contributed by atoms with Crippen molar-refractivity contribution in [2.75, 3.05) is 33.2 Å². The summed E-state index contributed by atoms with van der Waals surface area (Å²) in [7, 11) is 0.799. The van der Waals surface area contributed by atoms with Crippen LogP contribution < -0.4 is 5.43 Å². The normalized spacial score (nSPS) is 26.7. The third kappa shape index (κ3) is 9.00. The van der Waals surface area contributed by atoms with Crippen molar-refractivity contribution in [3.63, 3.8) is 0 Å². The highest BCUT2D eigenvalue weighted by molar-refractivity contribution is 7.98. The second-order valence-electron chi connectivity index (χ2n) is 10.4. The van der Waals surface area contributed by atoms with Gasteiger partial charge in [0, 0.05) is 75.6 Å². The number of aromatic nitrogens is 1. The van der Waals surface area contributed by atoms with E-state index in [1.165, 1.54) is 0 Å². The molecule has 0 spiro atoms. The molecule has 0 saturated carbocycles. The lowest BCUT2D eigenvalue weighted by atomic mass is 9.98. The molecule has 5 aromatic rings. The third-order valence-electron chi connectivity index (χ3n) is 6.93. The molecular weight excluding hydrogens is 710 g/mol. The van der Waals surface area contributed by atoms with E-state index >= 15 is 9.18 Å². The quantitative estimate of drug-likeness (QED) is 0.0938. The Balaban J connectivity index is 1.80. The highest BCUT2D eigenvalue weighted by atomic mass is 32.2. The second-order valence-corrected chi connectivity index (χ2v) is 11.4. The number of benzene rings is 4. The van der Waals surface area contributed by atoms with Crippen LogP contribution in [-0.2, 0) is 34.5 Å². The van der Waals surface area contributed by atoms with Crippen molar-refractivity contribution in [2.45, 2.75) is 55.7 Å². The molecule has 1 fully saturated rings. The molecule has 6 rings (SSSR count). The topological polar surface area (TPSA) is 54.8 Å². The third-order valence-corrected chi connectivity index (χ3v) is 7.92. The summed E-state index contributed by atoms with van der Waals surface area (Å²) in [4.78, 5) is 28.5. The number of pyridine rings is 1. The molecule has 1 saturated heterocycles. The predicted molar refractivity (Wildman–Crippen MR) is 198 cm³/mol. The maximum Gasteiger partial charge on any atom is 0.416 e. The van der Waals surface area contributed by atoms with Crippen LogP contribution in [-0.4, -0.2) is 59.5 Å². The number of methoxy groups -OCH3 is 1. The number of carbonyl (C=O) groups excluding carboxylic acids is 1. The number of hydrogen-bond donors (Lipinski definition) is 0. The van der Waals surface area contributed by atoms with Crippen LogP contribution in [0.2, 0.25) is 0 Å². The van der Waals surface area contributed by atoms with Crippen LogP contribution in [0.5, 0.6) is 0 Å². The van der Waals surface area contributed by atoms with Gasteiger partial charge in [-0.1, -0.05) is 60.4 Å². The Morgan fingerprint density at radius 2 is 1.74 bits per heavy atom. The van der Waals surface area contributed by atoms with Crippen molar-refractivity contribution in [2.24, 2.45) is 0 Å². The van der Waals surface area contributed by atoms with E-state index in [-0.39, 0.29) is 16.3 Å². The van der Waals surface area contributed by atoms with Crippen LogP contribution in [0.4, 0.5) is 22.0 Å². The van der Waals surface area contributed by atoms with Gasteiger partial charge in [-0.25, -0.2) is 8.78 Å². The van der Waals surface area contributed by atoms with Crippen LogP contribution in [0.1, 0.15) is 73.4 Å². The fourth-order valence-electron chi connectivity index (χ4n) is 4.44. The van der Waals surface area contributed by atoms with Crippen LogP contribution in [0.15, 0.2) is 100 Å². The minimum Gasteiger partial charge on any atom is -0.383 e. The Hall–Kier alpha value is -4.52. The zero-order valence-electron chi connectivity index (χ0n) is 55.0. The lowest BCUT2D eigenvalue weighted by Crippen LogP contribution is -2.48. The fraction of sp³-hybridized carbons (Fsp3) is 0.317. The molecule has 0 bridgehead atoms. The van der Waals surface area contributed by atoms with Gasteiger partial charge in [-0.2, -0.15) is 13.2 Å². The summed E-state index contributed by atoms with van der Waals surface area (Å²) in [5.74, 6) is -8.08. The molecular formula is C41H40F5N3O3S. The van der Waals surface area contributed by atoms with Gasteiger partial charge in [-0.05, 0) is 66.1 Å². The summed E-state index contributed by atoms with van der Waals surface area (Å²) in [5.41, 5.74) is -10.9. The number of rotatable bonds is 12. The molecule has 53 heavy (non-hydrogen) atoms. The van der Waals surface area contributed by atoms with Crippen molar-refractivity contribution in [3.8, 4) is 11.1 Å². The molecule has 0 unspecified atom stereocenters. The van der Waals surface area contributed by atoms with E-state index in [9.17, 15) is 32.0 Å². The van der Waals surface area contributed by atoms with E-state index in [1.54, 1.807) is 0 Å². The highest BCUT2D eigenvalue weighted by Crippen LogP contribution is 2.34. The van der Waals surface area contributed by atoms with Gasteiger partial charge >= 0.3 is 6.18 Å². The van der Waals surface area contributed by atoms with E-state index < -0.39 is 243 Å². The van der Waals surface area contributed by atoms with E-state index in [2.05, 4.69) is 0 Å². The van der Waals surface area contributed by atoms with E-state index in [0.717, 1.165) is 7.11 Å². The number of hydrogen-bond acceptors (Lipinski definition) is 5. The number of piperidine rings is 1. The number of fused-ring (bicyclic) bond motifs is 1. The van der Waals surface area contributed by atoms with Crippen molar-refractivity contribution in [3.05, 3.63) is 135 Å². The van der Waals surface area contributed by atoms with Crippen molar-refractivity contribution < 1.29 is 69.9 Å². The number of nitrogens with zero attached hydrogens (tertiary/aromatic N) is 3. The molecule has 2 heterocycles. The first kappa shape index (κ1) is 16.5. The van der Waals surface area contributed by atoms with Gasteiger partial charge in [0.1, 0.15) is 6.50 Å². The molecule has 1 aromatic heterocycles. The van der Waals surface area contributed by atoms with Crippen molar-refractivity contribution >= 4 is 28.6 Å². The number of amides is 1.